The van der Waals surface area contributed by atoms with Gasteiger partial charge in [0.15, 0.2) is 0 Å². The Balaban J connectivity index is 0. The molecule has 0 fully saturated rings. The van der Waals surface area contributed by atoms with E-state index in [4.69, 9.17) is 21.7 Å². The van der Waals surface area contributed by atoms with Crippen molar-refractivity contribution >= 4 is 24.6 Å². The van der Waals surface area contributed by atoms with Crippen molar-refractivity contribution in [2.45, 2.75) is 18.5 Å². The number of carboxylic acid groups (broad SMARTS) is 2. The molecule has 0 aliphatic carbocycles. The van der Waals surface area contributed by atoms with Gasteiger partial charge in [0.2, 0.25) is 0 Å². The molecule has 2 atom stereocenters. The van der Waals surface area contributed by atoms with Gasteiger partial charge in [0, 0.05) is 41.1 Å². The number of hydrogen-bond acceptors (Lipinski definition) is 6. The first-order chi connectivity index (χ1) is 8.38. The molecule has 0 bridgehead atoms. The third-order valence-electron chi connectivity index (χ3n) is 1.83. The SMILES string of the molecule is N[C@@H](CS)C(=O)O.N[C@@H](Cc1cnc[nH]1)C(=O)O.[Cu]. The van der Waals surface area contributed by atoms with Crippen LogP contribution in [0.15, 0.2) is 12.5 Å². The maximum absolute atomic E-state index is 10.3. The summed E-state index contributed by atoms with van der Waals surface area (Å²) in [7, 11) is 0. The summed E-state index contributed by atoms with van der Waals surface area (Å²) in [5.74, 6) is -1.82. The van der Waals surface area contributed by atoms with Gasteiger partial charge in [-0.05, 0) is 0 Å². The Bertz CT molecular complexity index is 376. The van der Waals surface area contributed by atoms with Crippen LogP contribution in [0, 0.1) is 0 Å². The number of aliphatic carboxylic acids is 2. The number of nitrogens with zero attached hydrogens (tertiary/aromatic N) is 1. The monoisotopic (exact) mass is 339 g/mol. The van der Waals surface area contributed by atoms with Crippen molar-refractivity contribution in [2.75, 3.05) is 5.75 Å². The Hall–Kier alpha value is -1.06. The number of aromatic amines is 1. The molecule has 19 heavy (non-hydrogen) atoms. The van der Waals surface area contributed by atoms with Crippen LogP contribution in [0.1, 0.15) is 5.69 Å². The Morgan fingerprint density at radius 1 is 1.32 bits per heavy atom. The minimum Gasteiger partial charge on any atom is -0.480 e. The summed E-state index contributed by atoms with van der Waals surface area (Å²) in [6, 6.07) is -1.67. The van der Waals surface area contributed by atoms with E-state index in [-0.39, 0.29) is 29.2 Å². The zero-order valence-electron chi connectivity index (χ0n) is 9.79. The number of aromatic nitrogens is 2. The molecule has 0 amide bonds. The third kappa shape index (κ3) is 9.51. The van der Waals surface area contributed by atoms with Crippen molar-refractivity contribution in [1.82, 2.24) is 9.97 Å². The van der Waals surface area contributed by atoms with Gasteiger partial charge in [0.05, 0.1) is 6.33 Å². The number of carbonyl (C=O) groups is 2. The predicted molar refractivity (Wildman–Crippen MR) is 67.4 cm³/mol. The van der Waals surface area contributed by atoms with Crippen molar-refractivity contribution in [3.8, 4) is 0 Å². The molecule has 0 unspecified atom stereocenters. The fourth-order valence-electron chi connectivity index (χ4n) is 0.799. The Morgan fingerprint density at radius 2 is 1.84 bits per heavy atom. The standard InChI is InChI=1S/C6H9N3O2.C3H7NO2S.Cu/c7-5(6(10)11)1-4-2-8-3-9-4;4-2(1-7)3(5)6;/h2-3,5H,1,7H2,(H,8,9)(H,10,11);2,7H,1,4H2,(H,5,6);/t5-;2-;/m00./s1. The van der Waals surface area contributed by atoms with Gasteiger partial charge in [-0.3, -0.25) is 9.59 Å². The number of thiol groups is 1. The second-order valence-electron chi connectivity index (χ2n) is 3.35. The van der Waals surface area contributed by atoms with Crippen molar-refractivity contribution < 1.29 is 36.9 Å². The quantitative estimate of drug-likeness (QED) is 0.287. The first-order valence-corrected chi connectivity index (χ1v) is 5.56. The molecule has 1 heterocycles. The molecule has 0 saturated heterocycles. The topological polar surface area (TPSA) is 155 Å². The second kappa shape index (κ2) is 10.8. The zero-order valence-corrected chi connectivity index (χ0v) is 11.6. The van der Waals surface area contributed by atoms with Crippen LogP contribution >= 0.6 is 12.6 Å². The number of nitrogens with one attached hydrogen (secondary N) is 1. The predicted octanol–water partition coefficient (Wildman–Crippen LogP) is -1.31. The van der Waals surface area contributed by atoms with E-state index in [0.717, 1.165) is 5.69 Å². The smallest absolute Gasteiger partial charge is 0.321 e. The summed E-state index contributed by atoms with van der Waals surface area (Å²) in [5, 5.41) is 16.4. The van der Waals surface area contributed by atoms with E-state index >= 15 is 0 Å². The van der Waals surface area contributed by atoms with Crippen LogP contribution in [0.25, 0.3) is 0 Å². The van der Waals surface area contributed by atoms with Gasteiger partial charge in [0.1, 0.15) is 12.1 Å². The maximum atomic E-state index is 10.3. The van der Waals surface area contributed by atoms with Crippen LogP contribution in [0.4, 0.5) is 0 Å². The molecule has 113 valence electrons. The molecule has 0 aliphatic rings. The molecule has 1 radical (unpaired) electrons. The van der Waals surface area contributed by atoms with E-state index in [1.807, 2.05) is 0 Å². The largest absolute Gasteiger partial charge is 0.480 e. The summed E-state index contributed by atoms with van der Waals surface area (Å²) in [6.45, 7) is 0. The van der Waals surface area contributed by atoms with E-state index in [9.17, 15) is 9.59 Å². The zero-order chi connectivity index (χ0) is 14.1. The number of hydrogen-bond donors (Lipinski definition) is 6. The van der Waals surface area contributed by atoms with Crippen molar-refractivity contribution in [1.29, 1.82) is 0 Å². The normalized spacial score (nSPS) is 12.4. The van der Waals surface area contributed by atoms with Gasteiger partial charge < -0.3 is 26.7 Å². The van der Waals surface area contributed by atoms with Gasteiger partial charge >= 0.3 is 11.9 Å². The van der Waals surface area contributed by atoms with Crippen molar-refractivity contribution in [3.05, 3.63) is 18.2 Å². The first kappa shape index (κ1) is 20.3. The third-order valence-corrected chi connectivity index (χ3v) is 2.22. The van der Waals surface area contributed by atoms with Crippen LogP contribution in [0.3, 0.4) is 0 Å². The molecule has 0 saturated carbocycles. The molecule has 0 spiro atoms. The summed E-state index contributed by atoms with van der Waals surface area (Å²) >= 11 is 3.65. The molecular weight excluding hydrogens is 324 g/mol. The van der Waals surface area contributed by atoms with Crippen LogP contribution < -0.4 is 11.5 Å². The molecule has 0 aliphatic heterocycles. The summed E-state index contributed by atoms with van der Waals surface area (Å²) in [5.41, 5.74) is 10.9. The summed E-state index contributed by atoms with van der Waals surface area (Å²) in [6.07, 6.45) is 3.34. The minimum atomic E-state index is -1.00. The molecule has 10 heteroatoms. The summed E-state index contributed by atoms with van der Waals surface area (Å²) in [4.78, 5) is 26.5. The molecule has 1 aromatic heterocycles. The molecule has 7 N–H and O–H groups in total. The van der Waals surface area contributed by atoms with Crippen LogP contribution in [-0.4, -0.2) is 50.0 Å². The number of rotatable bonds is 5. The second-order valence-corrected chi connectivity index (χ2v) is 3.72. The van der Waals surface area contributed by atoms with E-state index in [0.29, 0.717) is 0 Å². The van der Waals surface area contributed by atoms with Crippen molar-refractivity contribution in [2.24, 2.45) is 11.5 Å². The molecule has 1 aromatic rings. The molecule has 0 aromatic carbocycles. The number of imidazole rings is 1. The van der Waals surface area contributed by atoms with E-state index in [1.54, 1.807) is 6.20 Å². The Kier molecular flexibility index (Phi) is 11.5. The molecule has 1 rings (SSSR count). The average Bonchev–Trinajstić information content (AvgIpc) is 2.81. The van der Waals surface area contributed by atoms with E-state index in [2.05, 4.69) is 22.6 Å². The fourth-order valence-corrected chi connectivity index (χ4v) is 0.955. The first-order valence-electron chi connectivity index (χ1n) is 4.93. The Morgan fingerprint density at radius 3 is 2.11 bits per heavy atom. The Labute approximate surface area is 125 Å². The van der Waals surface area contributed by atoms with Gasteiger partial charge in [-0.15, -0.1) is 0 Å². The summed E-state index contributed by atoms with van der Waals surface area (Å²) < 4.78 is 0. The van der Waals surface area contributed by atoms with Crippen molar-refractivity contribution in [3.63, 3.8) is 0 Å². The van der Waals surface area contributed by atoms with Crippen LogP contribution in [0.5, 0.6) is 0 Å². The maximum Gasteiger partial charge on any atom is 0.321 e. The fraction of sp³-hybridized carbons (Fsp3) is 0.444. The van der Waals surface area contributed by atoms with Gasteiger partial charge in [0.25, 0.3) is 0 Å². The number of carboxylic acids is 2. The molecule has 8 nitrogen and oxygen atoms in total. The average molecular weight is 340 g/mol. The van der Waals surface area contributed by atoms with Gasteiger partial charge in [-0.1, -0.05) is 0 Å². The van der Waals surface area contributed by atoms with Crippen LogP contribution in [-0.2, 0) is 33.1 Å². The number of H-pyrrole nitrogens is 1. The van der Waals surface area contributed by atoms with E-state index in [1.165, 1.54) is 6.33 Å². The van der Waals surface area contributed by atoms with E-state index < -0.39 is 24.0 Å². The molecular formula is C9H16CuN4O4S. The van der Waals surface area contributed by atoms with Crippen LogP contribution in [0.2, 0.25) is 0 Å². The minimum absolute atomic E-state index is 0. The van der Waals surface area contributed by atoms with Gasteiger partial charge in [-0.25, -0.2) is 4.98 Å². The number of nitrogens with two attached hydrogens (primary N) is 2. The van der Waals surface area contributed by atoms with Gasteiger partial charge in [-0.2, -0.15) is 12.6 Å².